The molecule has 2 aliphatic carbocycles. The SMILES string of the molecule is O=CCCC1CCCC1.OCCCC1CCCC1. The summed E-state index contributed by atoms with van der Waals surface area (Å²) in [4.78, 5) is 9.96. The number of hydrogen-bond donors (Lipinski definition) is 1. The zero-order valence-electron chi connectivity index (χ0n) is 11.8. The van der Waals surface area contributed by atoms with E-state index in [4.69, 9.17) is 5.11 Å². The van der Waals surface area contributed by atoms with E-state index in [0.29, 0.717) is 6.61 Å². The zero-order chi connectivity index (χ0) is 13.1. The molecule has 0 saturated heterocycles. The van der Waals surface area contributed by atoms with Crippen LogP contribution in [0.5, 0.6) is 0 Å². The van der Waals surface area contributed by atoms with Gasteiger partial charge in [0.05, 0.1) is 0 Å². The Morgan fingerprint density at radius 2 is 1.39 bits per heavy atom. The minimum atomic E-state index is 0.385. The van der Waals surface area contributed by atoms with Gasteiger partial charge in [-0.2, -0.15) is 0 Å². The molecular weight excluding hydrogens is 224 g/mol. The highest BCUT2D eigenvalue weighted by Gasteiger charge is 2.14. The molecule has 2 rings (SSSR count). The lowest BCUT2D eigenvalue weighted by Crippen LogP contribution is -1.94. The van der Waals surface area contributed by atoms with E-state index in [1.165, 1.54) is 57.8 Å². The van der Waals surface area contributed by atoms with Gasteiger partial charge in [0.25, 0.3) is 0 Å². The van der Waals surface area contributed by atoms with E-state index in [0.717, 1.165) is 37.4 Å². The summed E-state index contributed by atoms with van der Waals surface area (Å²) >= 11 is 0. The van der Waals surface area contributed by atoms with Crippen molar-refractivity contribution in [1.29, 1.82) is 0 Å². The first-order chi connectivity index (χ1) is 8.86. The van der Waals surface area contributed by atoms with Crippen LogP contribution in [0.3, 0.4) is 0 Å². The third kappa shape index (κ3) is 7.15. The van der Waals surface area contributed by atoms with Crippen molar-refractivity contribution in [3.8, 4) is 0 Å². The van der Waals surface area contributed by atoms with Crippen molar-refractivity contribution >= 4 is 6.29 Å². The highest BCUT2D eigenvalue weighted by atomic mass is 16.2. The van der Waals surface area contributed by atoms with Crippen molar-refractivity contribution in [3.05, 3.63) is 0 Å². The van der Waals surface area contributed by atoms with E-state index in [9.17, 15) is 4.79 Å². The first kappa shape index (κ1) is 15.7. The minimum absolute atomic E-state index is 0.385. The number of hydrogen-bond acceptors (Lipinski definition) is 2. The van der Waals surface area contributed by atoms with Crippen molar-refractivity contribution in [1.82, 2.24) is 0 Å². The van der Waals surface area contributed by atoms with Crippen LogP contribution in [-0.2, 0) is 4.79 Å². The Morgan fingerprint density at radius 3 is 1.83 bits per heavy atom. The molecule has 106 valence electrons. The van der Waals surface area contributed by atoms with Crippen LogP contribution in [0.4, 0.5) is 0 Å². The van der Waals surface area contributed by atoms with Gasteiger partial charge in [-0.3, -0.25) is 0 Å². The number of carbonyl (C=O) groups excluding carboxylic acids is 1. The molecule has 2 fully saturated rings. The average molecular weight is 254 g/mol. The van der Waals surface area contributed by atoms with Gasteiger partial charge < -0.3 is 9.90 Å². The lowest BCUT2D eigenvalue weighted by molar-refractivity contribution is -0.108. The lowest BCUT2D eigenvalue weighted by Gasteiger charge is -2.04. The van der Waals surface area contributed by atoms with Crippen LogP contribution in [0.1, 0.15) is 77.0 Å². The predicted octanol–water partition coefficient (Wildman–Crippen LogP) is 4.10. The Kier molecular flexibility index (Phi) is 9.19. The maximum absolute atomic E-state index is 9.96. The second kappa shape index (κ2) is 10.5. The molecule has 1 N–H and O–H groups in total. The van der Waals surface area contributed by atoms with Gasteiger partial charge in [0.1, 0.15) is 6.29 Å². The maximum atomic E-state index is 9.96. The van der Waals surface area contributed by atoms with Gasteiger partial charge in [-0.05, 0) is 31.1 Å². The smallest absolute Gasteiger partial charge is 0.120 e. The summed E-state index contributed by atoms with van der Waals surface area (Å²) in [5.41, 5.74) is 0. The van der Waals surface area contributed by atoms with Crippen LogP contribution >= 0.6 is 0 Å². The second-order valence-corrected chi connectivity index (χ2v) is 5.91. The van der Waals surface area contributed by atoms with Crippen molar-refractivity contribution in [2.24, 2.45) is 11.8 Å². The number of aldehydes is 1. The number of carbonyl (C=O) groups is 1. The predicted molar refractivity (Wildman–Crippen MR) is 75.5 cm³/mol. The molecule has 0 spiro atoms. The first-order valence-electron chi connectivity index (χ1n) is 7.91. The van der Waals surface area contributed by atoms with E-state index in [-0.39, 0.29) is 0 Å². The van der Waals surface area contributed by atoms with Gasteiger partial charge in [0.15, 0.2) is 0 Å². The Hall–Kier alpha value is -0.370. The van der Waals surface area contributed by atoms with Crippen LogP contribution in [0.25, 0.3) is 0 Å². The minimum Gasteiger partial charge on any atom is -0.396 e. The molecule has 0 aromatic heterocycles. The van der Waals surface area contributed by atoms with Gasteiger partial charge in [-0.15, -0.1) is 0 Å². The monoisotopic (exact) mass is 254 g/mol. The fourth-order valence-corrected chi connectivity index (χ4v) is 3.28. The Labute approximate surface area is 112 Å². The molecule has 0 heterocycles. The van der Waals surface area contributed by atoms with E-state index in [1.54, 1.807) is 0 Å². The Bertz CT molecular complexity index is 191. The fraction of sp³-hybridized carbons (Fsp3) is 0.938. The summed E-state index contributed by atoms with van der Waals surface area (Å²) in [6.07, 6.45) is 16.5. The number of aliphatic hydroxyl groups is 1. The Balaban J connectivity index is 0.000000180. The molecule has 0 radical (unpaired) electrons. The maximum Gasteiger partial charge on any atom is 0.120 e. The summed E-state index contributed by atoms with van der Waals surface area (Å²) in [7, 11) is 0. The van der Waals surface area contributed by atoms with Crippen LogP contribution in [0, 0.1) is 11.8 Å². The molecule has 2 heteroatoms. The van der Waals surface area contributed by atoms with Gasteiger partial charge in [0.2, 0.25) is 0 Å². The highest BCUT2D eigenvalue weighted by Crippen LogP contribution is 2.28. The summed E-state index contributed by atoms with van der Waals surface area (Å²) < 4.78 is 0. The van der Waals surface area contributed by atoms with Gasteiger partial charge in [-0.25, -0.2) is 0 Å². The van der Waals surface area contributed by atoms with Gasteiger partial charge in [0, 0.05) is 13.0 Å². The van der Waals surface area contributed by atoms with Crippen molar-refractivity contribution < 1.29 is 9.90 Å². The molecule has 2 aliphatic rings. The molecule has 0 unspecified atom stereocenters. The van der Waals surface area contributed by atoms with Crippen molar-refractivity contribution in [3.63, 3.8) is 0 Å². The van der Waals surface area contributed by atoms with Gasteiger partial charge in [-0.1, -0.05) is 51.4 Å². The summed E-state index contributed by atoms with van der Waals surface area (Å²) in [5, 5.41) is 8.53. The van der Waals surface area contributed by atoms with E-state index in [2.05, 4.69) is 0 Å². The molecular formula is C16H30O2. The summed E-state index contributed by atoms with van der Waals surface area (Å²) in [6.45, 7) is 0.385. The van der Waals surface area contributed by atoms with E-state index in [1.807, 2.05) is 0 Å². The zero-order valence-corrected chi connectivity index (χ0v) is 11.8. The highest BCUT2D eigenvalue weighted by molar-refractivity contribution is 5.49. The third-order valence-corrected chi connectivity index (χ3v) is 4.41. The molecule has 0 aromatic carbocycles. The molecule has 2 nitrogen and oxygen atoms in total. The fourth-order valence-electron chi connectivity index (χ4n) is 3.28. The van der Waals surface area contributed by atoms with Crippen molar-refractivity contribution in [2.45, 2.75) is 77.0 Å². The van der Waals surface area contributed by atoms with Gasteiger partial charge >= 0.3 is 0 Å². The van der Waals surface area contributed by atoms with Crippen LogP contribution in [-0.4, -0.2) is 18.0 Å². The van der Waals surface area contributed by atoms with Crippen LogP contribution in [0.2, 0.25) is 0 Å². The quantitative estimate of drug-likeness (QED) is 0.724. The normalized spacial score (nSPS) is 20.7. The summed E-state index contributed by atoms with van der Waals surface area (Å²) in [5.74, 6) is 1.84. The Morgan fingerprint density at radius 1 is 0.889 bits per heavy atom. The molecule has 18 heavy (non-hydrogen) atoms. The van der Waals surface area contributed by atoms with Crippen LogP contribution in [0.15, 0.2) is 0 Å². The topological polar surface area (TPSA) is 37.3 Å². The first-order valence-corrected chi connectivity index (χ1v) is 7.91. The molecule has 0 atom stereocenters. The lowest BCUT2D eigenvalue weighted by atomic mass is 10.0. The van der Waals surface area contributed by atoms with Crippen LogP contribution < -0.4 is 0 Å². The number of rotatable bonds is 6. The summed E-state index contributed by atoms with van der Waals surface area (Å²) in [6, 6.07) is 0. The van der Waals surface area contributed by atoms with E-state index >= 15 is 0 Å². The largest absolute Gasteiger partial charge is 0.396 e. The van der Waals surface area contributed by atoms with E-state index < -0.39 is 0 Å². The standard InChI is InChI=1S/C8H16O.C8H14O/c2*9-7-3-6-8-4-1-2-5-8/h8-9H,1-7H2;7-8H,1-6H2. The third-order valence-electron chi connectivity index (χ3n) is 4.41. The molecule has 0 amide bonds. The number of aliphatic hydroxyl groups excluding tert-OH is 1. The second-order valence-electron chi connectivity index (χ2n) is 5.91. The van der Waals surface area contributed by atoms with Crippen molar-refractivity contribution in [2.75, 3.05) is 6.61 Å². The molecule has 2 saturated carbocycles. The molecule has 0 aliphatic heterocycles. The molecule has 0 bridgehead atoms. The average Bonchev–Trinajstić information content (AvgIpc) is 3.07. The molecule has 0 aromatic rings.